The van der Waals surface area contributed by atoms with Crippen LogP contribution < -0.4 is 9.64 Å². The summed E-state index contributed by atoms with van der Waals surface area (Å²) in [7, 11) is 0. The highest BCUT2D eigenvalue weighted by Gasteiger charge is 2.37. The van der Waals surface area contributed by atoms with Gasteiger partial charge in [0.25, 0.3) is 0 Å². The lowest BCUT2D eigenvalue weighted by molar-refractivity contribution is -0.134. The van der Waals surface area contributed by atoms with Crippen molar-refractivity contribution in [2.24, 2.45) is 5.92 Å². The lowest BCUT2D eigenvalue weighted by Gasteiger charge is -2.40. The topological polar surface area (TPSA) is 58.6 Å². The Balaban J connectivity index is 1.45. The van der Waals surface area contributed by atoms with E-state index < -0.39 is 0 Å². The van der Waals surface area contributed by atoms with Crippen molar-refractivity contribution in [3.63, 3.8) is 0 Å². The standard InChI is InChI=1S/C20H24N4O2/c1-14-5-3-4-6-17(14)26-19-11-18(21-13-22-19)23-9-10-24(15(2)12-23)20(25)16-7-8-16/h3-6,11,13,15-16H,7-10,12H2,1-2H3/t15-/m0/s1. The maximum absolute atomic E-state index is 12.4. The Bertz CT molecular complexity index is 806. The van der Waals surface area contributed by atoms with E-state index >= 15 is 0 Å². The number of carbonyl (C=O) groups excluding carboxylic acids is 1. The Morgan fingerprint density at radius 2 is 2.00 bits per heavy atom. The fourth-order valence-electron chi connectivity index (χ4n) is 3.40. The van der Waals surface area contributed by atoms with Gasteiger partial charge in [0.1, 0.15) is 17.9 Å². The molecule has 6 nitrogen and oxygen atoms in total. The molecule has 1 amide bonds. The number of rotatable bonds is 4. The first kappa shape index (κ1) is 16.8. The van der Waals surface area contributed by atoms with Gasteiger partial charge in [-0.25, -0.2) is 9.97 Å². The van der Waals surface area contributed by atoms with Crippen LogP contribution >= 0.6 is 0 Å². The predicted molar refractivity (Wildman–Crippen MR) is 99.4 cm³/mol. The maximum atomic E-state index is 12.4. The molecular weight excluding hydrogens is 328 g/mol. The molecule has 0 spiro atoms. The van der Waals surface area contributed by atoms with Crippen LogP contribution in [0, 0.1) is 12.8 Å². The van der Waals surface area contributed by atoms with Gasteiger partial charge in [0, 0.05) is 37.7 Å². The Morgan fingerprint density at radius 1 is 1.19 bits per heavy atom. The van der Waals surface area contributed by atoms with Gasteiger partial charge < -0.3 is 14.5 Å². The zero-order valence-corrected chi connectivity index (χ0v) is 15.3. The van der Waals surface area contributed by atoms with Crippen LogP contribution in [0.3, 0.4) is 0 Å². The van der Waals surface area contributed by atoms with E-state index in [9.17, 15) is 4.79 Å². The molecule has 0 unspecified atom stereocenters. The summed E-state index contributed by atoms with van der Waals surface area (Å²) < 4.78 is 5.92. The molecule has 1 aliphatic carbocycles. The fraction of sp³-hybridized carbons (Fsp3) is 0.450. The Kier molecular flexibility index (Phi) is 4.49. The monoisotopic (exact) mass is 352 g/mol. The quantitative estimate of drug-likeness (QED) is 0.846. The van der Waals surface area contributed by atoms with Crippen LogP contribution in [0.4, 0.5) is 5.82 Å². The van der Waals surface area contributed by atoms with Crippen molar-refractivity contribution >= 4 is 11.7 Å². The maximum Gasteiger partial charge on any atom is 0.226 e. The van der Waals surface area contributed by atoms with Gasteiger partial charge in [0.15, 0.2) is 0 Å². The van der Waals surface area contributed by atoms with Crippen molar-refractivity contribution in [1.29, 1.82) is 0 Å². The van der Waals surface area contributed by atoms with Gasteiger partial charge in [-0.05, 0) is 38.3 Å². The van der Waals surface area contributed by atoms with Crippen LogP contribution in [0.15, 0.2) is 36.7 Å². The molecule has 2 aliphatic rings. The molecule has 1 saturated heterocycles. The molecule has 0 N–H and O–H groups in total. The second-order valence-corrected chi connectivity index (χ2v) is 7.18. The summed E-state index contributed by atoms with van der Waals surface area (Å²) in [5, 5.41) is 0. The Morgan fingerprint density at radius 3 is 2.73 bits per heavy atom. The van der Waals surface area contributed by atoms with E-state index in [1.165, 1.54) is 6.33 Å². The van der Waals surface area contributed by atoms with E-state index in [-0.39, 0.29) is 12.0 Å². The molecule has 1 aromatic heterocycles. The molecule has 1 aromatic carbocycles. The highest BCUT2D eigenvalue weighted by Crippen LogP contribution is 2.33. The van der Waals surface area contributed by atoms with Crippen LogP contribution in [0.25, 0.3) is 0 Å². The van der Waals surface area contributed by atoms with E-state index in [0.717, 1.165) is 49.6 Å². The zero-order valence-electron chi connectivity index (χ0n) is 15.3. The molecule has 1 aliphatic heterocycles. The highest BCUT2D eigenvalue weighted by molar-refractivity contribution is 5.81. The SMILES string of the molecule is Cc1ccccc1Oc1cc(N2CCN(C(=O)C3CC3)[C@@H](C)C2)ncn1. The number of para-hydroxylation sites is 1. The molecule has 1 saturated carbocycles. The molecule has 0 bridgehead atoms. The first-order valence-corrected chi connectivity index (χ1v) is 9.23. The Hall–Kier alpha value is -2.63. The first-order valence-electron chi connectivity index (χ1n) is 9.23. The van der Waals surface area contributed by atoms with Gasteiger partial charge in [-0.15, -0.1) is 0 Å². The van der Waals surface area contributed by atoms with Crippen LogP contribution in [-0.4, -0.2) is 46.5 Å². The van der Waals surface area contributed by atoms with Crippen LogP contribution in [0.2, 0.25) is 0 Å². The number of nitrogens with zero attached hydrogens (tertiary/aromatic N) is 4. The van der Waals surface area contributed by atoms with Crippen molar-refractivity contribution < 1.29 is 9.53 Å². The van der Waals surface area contributed by atoms with E-state index in [0.29, 0.717) is 11.8 Å². The number of aryl methyl sites for hydroxylation is 1. The third-order valence-electron chi connectivity index (χ3n) is 5.10. The number of hydrogen-bond acceptors (Lipinski definition) is 5. The van der Waals surface area contributed by atoms with Crippen molar-refractivity contribution in [3.05, 3.63) is 42.2 Å². The smallest absolute Gasteiger partial charge is 0.226 e. The van der Waals surface area contributed by atoms with Gasteiger partial charge in [0.2, 0.25) is 11.8 Å². The second-order valence-electron chi connectivity index (χ2n) is 7.18. The van der Waals surface area contributed by atoms with Crippen molar-refractivity contribution in [2.75, 3.05) is 24.5 Å². The molecular formula is C20H24N4O2. The lowest BCUT2D eigenvalue weighted by atomic mass is 10.1. The fourth-order valence-corrected chi connectivity index (χ4v) is 3.40. The van der Waals surface area contributed by atoms with Crippen LogP contribution in [0.5, 0.6) is 11.6 Å². The van der Waals surface area contributed by atoms with E-state index in [2.05, 4.69) is 21.8 Å². The number of ether oxygens (including phenoxy) is 1. The van der Waals surface area contributed by atoms with Gasteiger partial charge in [-0.3, -0.25) is 4.79 Å². The van der Waals surface area contributed by atoms with Gasteiger partial charge in [-0.2, -0.15) is 0 Å². The minimum Gasteiger partial charge on any atom is -0.439 e. The van der Waals surface area contributed by atoms with Gasteiger partial charge in [0.05, 0.1) is 0 Å². The predicted octanol–water partition coefficient (Wildman–Crippen LogP) is 3.02. The summed E-state index contributed by atoms with van der Waals surface area (Å²) in [6, 6.07) is 9.93. The van der Waals surface area contributed by atoms with E-state index in [1.54, 1.807) is 0 Å². The number of benzene rings is 1. The van der Waals surface area contributed by atoms with E-state index in [4.69, 9.17) is 4.74 Å². The largest absolute Gasteiger partial charge is 0.439 e. The molecule has 136 valence electrons. The van der Waals surface area contributed by atoms with Gasteiger partial charge in [-0.1, -0.05) is 18.2 Å². The summed E-state index contributed by atoms with van der Waals surface area (Å²) in [6.45, 7) is 6.42. The van der Waals surface area contributed by atoms with Crippen molar-refractivity contribution in [3.8, 4) is 11.6 Å². The Labute approximate surface area is 153 Å². The third-order valence-corrected chi connectivity index (χ3v) is 5.10. The van der Waals surface area contributed by atoms with Crippen LogP contribution in [-0.2, 0) is 4.79 Å². The molecule has 6 heteroatoms. The number of carbonyl (C=O) groups is 1. The molecule has 0 radical (unpaired) electrons. The molecule has 2 fully saturated rings. The minimum absolute atomic E-state index is 0.188. The number of anilines is 1. The number of hydrogen-bond donors (Lipinski definition) is 0. The molecule has 4 rings (SSSR count). The summed E-state index contributed by atoms with van der Waals surface area (Å²) in [5.41, 5.74) is 1.06. The summed E-state index contributed by atoms with van der Waals surface area (Å²) in [5.74, 6) is 2.77. The molecule has 26 heavy (non-hydrogen) atoms. The molecule has 2 heterocycles. The second kappa shape index (κ2) is 6.94. The summed E-state index contributed by atoms with van der Waals surface area (Å²) >= 11 is 0. The number of piperazine rings is 1. The summed E-state index contributed by atoms with van der Waals surface area (Å²) in [4.78, 5) is 25.2. The van der Waals surface area contributed by atoms with Crippen molar-refractivity contribution in [1.82, 2.24) is 14.9 Å². The minimum atomic E-state index is 0.188. The average Bonchev–Trinajstić information content (AvgIpc) is 3.48. The first-order chi connectivity index (χ1) is 12.6. The highest BCUT2D eigenvalue weighted by atomic mass is 16.5. The zero-order chi connectivity index (χ0) is 18.1. The molecule has 1 atom stereocenters. The van der Waals surface area contributed by atoms with Crippen molar-refractivity contribution in [2.45, 2.75) is 32.7 Å². The lowest BCUT2D eigenvalue weighted by Crippen LogP contribution is -2.54. The number of amides is 1. The van der Waals surface area contributed by atoms with E-state index in [1.807, 2.05) is 42.2 Å². The van der Waals surface area contributed by atoms with Gasteiger partial charge >= 0.3 is 0 Å². The number of aromatic nitrogens is 2. The van der Waals surface area contributed by atoms with Crippen LogP contribution in [0.1, 0.15) is 25.3 Å². The normalized spacial score (nSPS) is 20.2. The summed E-state index contributed by atoms with van der Waals surface area (Å²) in [6.07, 6.45) is 3.64. The third kappa shape index (κ3) is 3.49. The molecule has 2 aromatic rings. The average molecular weight is 352 g/mol.